The summed E-state index contributed by atoms with van der Waals surface area (Å²) < 4.78 is 2.15. The molecule has 0 radical (unpaired) electrons. The van der Waals surface area contributed by atoms with Crippen molar-refractivity contribution in [3.8, 4) is 0 Å². The molecule has 1 aromatic carbocycles. The highest BCUT2D eigenvalue weighted by atomic mass is 16.3. The first-order chi connectivity index (χ1) is 13.6. The van der Waals surface area contributed by atoms with Crippen molar-refractivity contribution in [1.29, 1.82) is 0 Å². The summed E-state index contributed by atoms with van der Waals surface area (Å²) in [6.45, 7) is 3.40. The van der Waals surface area contributed by atoms with Gasteiger partial charge in [0.25, 0.3) is 0 Å². The van der Waals surface area contributed by atoms with Crippen molar-refractivity contribution in [3.63, 3.8) is 0 Å². The molecule has 2 fully saturated rings. The number of para-hydroxylation sites is 2. The molecule has 0 bridgehead atoms. The summed E-state index contributed by atoms with van der Waals surface area (Å²) in [4.78, 5) is 22.8. The predicted molar refractivity (Wildman–Crippen MR) is 107 cm³/mol. The Morgan fingerprint density at radius 1 is 1.07 bits per heavy atom. The molecule has 144 valence electrons. The Morgan fingerprint density at radius 3 is 2.61 bits per heavy atom. The van der Waals surface area contributed by atoms with Gasteiger partial charge in [-0.2, -0.15) is 0 Å². The number of carbonyl (C=O) groups is 1. The van der Waals surface area contributed by atoms with Gasteiger partial charge in [-0.25, -0.2) is 9.97 Å². The fourth-order valence-corrected chi connectivity index (χ4v) is 4.92. The van der Waals surface area contributed by atoms with E-state index in [2.05, 4.69) is 25.5 Å². The molecule has 2 aromatic heterocycles. The summed E-state index contributed by atoms with van der Waals surface area (Å²) in [5.74, 6) is 1.94. The first kappa shape index (κ1) is 17.4. The van der Waals surface area contributed by atoms with Gasteiger partial charge in [0.05, 0.1) is 29.5 Å². The summed E-state index contributed by atoms with van der Waals surface area (Å²) in [5, 5.41) is 10.9. The number of hydrogen-bond donors (Lipinski definition) is 1. The van der Waals surface area contributed by atoms with E-state index in [0.717, 1.165) is 42.8 Å². The molecule has 3 aromatic rings. The minimum absolute atomic E-state index is 0.0349. The van der Waals surface area contributed by atoms with Crippen LogP contribution < -0.4 is 4.90 Å². The zero-order valence-electron chi connectivity index (χ0n) is 15.9. The number of ketones is 1. The highest BCUT2D eigenvalue weighted by Gasteiger charge is 2.42. The van der Waals surface area contributed by atoms with Crippen LogP contribution in [0, 0.1) is 11.8 Å². The maximum Gasteiger partial charge on any atom is 0.161 e. The second-order valence-corrected chi connectivity index (χ2v) is 8.13. The third-order valence-corrected chi connectivity index (χ3v) is 6.43. The van der Waals surface area contributed by atoms with Crippen LogP contribution in [0.2, 0.25) is 0 Å². The maximum absolute atomic E-state index is 11.5. The minimum Gasteiger partial charge on any atom is -0.391 e. The van der Waals surface area contributed by atoms with Gasteiger partial charge < -0.3 is 14.6 Å². The molecule has 2 aliphatic rings. The smallest absolute Gasteiger partial charge is 0.161 e. The van der Waals surface area contributed by atoms with E-state index in [1.54, 1.807) is 13.1 Å². The largest absolute Gasteiger partial charge is 0.391 e. The number of aliphatic hydroxyl groups excluding tert-OH is 1. The highest BCUT2D eigenvalue weighted by molar-refractivity contribution is 5.93. The van der Waals surface area contributed by atoms with Crippen LogP contribution in [0.5, 0.6) is 0 Å². The number of benzene rings is 1. The fraction of sp³-hybridized carbons (Fsp3) is 0.409. The molecule has 1 saturated heterocycles. The lowest BCUT2D eigenvalue weighted by Crippen LogP contribution is -2.36. The van der Waals surface area contributed by atoms with Crippen LogP contribution in [-0.2, 0) is 0 Å². The summed E-state index contributed by atoms with van der Waals surface area (Å²) in [6.07, 6.45) is 4.90. The maximum atomic E-state index is 11.5. The fourth-order valence-electron chi connectivity index (χ4n) is 4.92. The number of aromatic nitrogens is 3. The Morgan fingerprint density at radius 2 is 1.86 bits per heavy atom. The highest BCUT2D eigenvalue weighted by Crippen LogP contribution is 2.43. The topological polar surface area (TPSA) is 71.2 Å². The van der Waals surface area contributed by atoms with Gasteiger partial charge in [0, 0.05) is 24.8 Å². The van der Waals surface area contributed by atoms with Crippen molar-refractivity contribution in [2.75, 3.05) is 18.0 Å². The van der Waals surface area contributed by atoms with Gasteiger partial charge in [0.15, 0.2) is 5.78 Å². The number of Topliss-reactive ketones (excluding diaryl/α,β-unsaturated/α-hetero) is 1. The Hall–Kier alpha value is -2.73. The number of aliphatic hydroxyl groups is 1. The summed E-state index contributed by atoms with van der Waals surface area (Å²) in [5.41, 5.74) is 2.70. The van der Waals surface area contributed by atoms with E-state index in [9.17, 15) is 9.90 Å². The van der Waals surface area contributed by atoms with E-state index in [0.29, 0.717) is 17.4 Å². The number of rotatable bonds is 3. The molecule has 0 unspecified atom stereocenters. The van der Waals surface area contributed by atoms with Crippen molar-refractivity contribution in [2.45, 2.75) is 31.9 Å². The molecule has 1 N–H and O–H groups in total. The predicted octanol–water partition coefficient (Wildman–Crippen LogP) is 3.08. The van der Waals surface area contributed by atoms with Crippen LogP contribution in [0.4, 0.5) is 5.82 Å². The Kier molecular flexibility index (Phi) is 4.16. The molecule has 1 saturated carbocycles. The van der Waals surface area contributed by atoms with Crippen LogP contribution in [0.3, 0.4) is 0 Å². The van der Waals surface area contributed by atoms with E-state index in [1.807, 2.05) is 36.7 Å². The molecule has 0 spiro atoms. The summed E-state index contributed by atoms with van der Waals surface area (Å²) in [6, 6.07) is 11.9. The van der Waals surface area contributed by atoms with Gasteiger partial charge in [0.1, 0.15) is 5.82 Å². The second kappa shape index (κ2) is 6.71. The third-order valence-electron chi connectivity index (χ3n) is 6.43. The van der Waals surface area contributed by atoms with E-state index >= 15 is 0 Å². The van der Waals surface area contributed by atoms with Gasteiger partial charge in [-0.05, 0) is 55.9 Å². The van der Waals surface area contributed by atoms with Gasteiger partial charge in [0.2, 0.25) is 0 Å². The molecule has 3 heterocycles. The number of fused-ring (bicyclic) bond motifs is 2. The first-order valence-corrected chi connectivity index (χ1v) is 9.91. The lowest BCUT2D eigenvalue weighted by molar-refractivity contribution is 0.0375. The monoisotopic (exact) mass is 376 g/mol. The number of imidazole rings is 1. The summed E-state index contributed by atoms with van der Waals surface area (Å²) >= 11 is 0. The van der Waals surface area contributed by atoms with Crippen LogP contribution in [0.15, 0.2) is 48.9 Å². The van der Waals surface area contributed by atoms with E-state index in [1.165, 1.54) is 0 Å². The average molecular weight is 376 g/mol. The number of hydrogen-bond acceptors (Lipinski definition) is 5. The Balaban J connectivity index is 1.36. The quantitative estimate of drug-likeness (QED) is 0.712. The Labute approximate surface area is 163 Å². The van der Waals surface area contributed by atoms with Gasteiger partial charge in [-0.1, -0.05) is 12.1 Å². The van der Waals surface area contributed by atoms with Crippen molar-refractivity contribution in [1.82, 2.24) is 14.5 Å². The number of carbonyl (C=O) groups excluding carboxylic acids is 1. The van der Waals surface area contributed by atoms with Crippen molar-refractivity contribution < 1.29 is 9.90 Å². The van der Waals surface area contributed by atoms with Crippen LogP contribution >= 0.6 is 0 Å². The van der Waals surface area contributed by atoms with Gasteiger partial charge in [-0.3, -0.25) is 4.79 Å². The zero-order valence-corrected chi connectivity index (χ0v) is 15.9. The van der Waals surface area contributed by atoms with Crippen molar-refractivity contribution in [2.24, 2.45) is 11.8 Å². The lowest BCUT2D eigenvalue weighted by Gasteiger charge is -2.36. The molecule has 1 aliphatic carbocycles. The van der Waals surface area contributed by atoms with Crippen LogP contribution in [0.25, 0.3) is 11.0 Å². The van der Waals surface area contributed by atoms with Crippen LogP contribution in [-0.4, -0.2) is 44.6 Å². The number of pyridine rings is 1. The molecule has 1 aliphatic heterocycles. The molecule has 6 nitrogen and oxygen atoms in total. The summed E-state index contributed by atoms with van der Waals surface area (Å²) in [7, 11) is 0. The molecule has 0 amide bonds. The minimum atomic E-state index is -0.369. The van der Waals surface area contributed by atoms with Gasteiger partial charge >= 0.3 is 0 Å². The van der Waals surface area contributed by atoms with Gasteiger partial charge in [-0.15, -0.1) is 0 Å². The standard InChI is InChI=1S/C22H24N4O2/c1-14(27)15-6-7-22(23-10-15)25-11-16-8-20(21(28)9-17(16)12-25)26-13-24-18-4-2-3-5-19(18)26/h2-7,10,13,16-17,20-21,28H,8-9,11-12H2,1H3/t16-,17+,20-,21-/m1/s1. The van der Waals surface area contributed by atoms with E-state index < -0.39 is 0 Å². The Bertz CT molecular complexity index is 1010. The lowest BCUT2D eigenvalue weighted by atomic mass is 9.77. The van der Waals surface area contributed by atoms with E-state index in [-0.39, 0.29) is 17.9 Å². The second-order valence-electron chi connectivity index (χ2n) is 8.13. The molecule has 6 heteroatoms. The molecule has 4 atom stereocenters. The number of anilines is 1. The first-order valence-electron chi connectivity index (χ1n) is 9.91. The zero-order chi connectivity index (χ0) is 19.3. The van der Waals surface area contributed by atoms with Crippen molar-refractivity contribution in [3.05, 3.63) is 54.5 Å². The normalized spacial score (nSPS) is 27.1. The molecule has 5 rings (SSSR count). The van der Waals surface area contributed by atoms with E-state index in [4.69, 9.17) is 0 Å². The molecular weight excluding hydrogens is 352 g/mol. The average Bonchev–Trinajstić information content (AvgIpc) is 3.31. The third kappa shape index (κ3) is 2.88. The molecule has 28 heavy (non-hydrogen) atoms. The van der Waals surface area contributed by atoms with Crippen molar-refractivity contribution >= 4 is 22.6 Å². The molecular formula is C22H24N4O2. The SMILES string of the molecule is CC(=O)c1ccc(N2C[C@H]3C[C@@H](n4cnc5ccccc54)[C@H](O)C[C@H]3C2)nc1. The van der Waals surface area contributed by atoms with Crippen LogP contribution in [0.1, 0.15) is 36.2 Å². The number of nitrogens with zero attached hydrogens (tertiary/aromatic N) is 4.